The first kappa shape index (κ1) is 28.6. The fourth-order valence-electron chi connectivity index (χ4n) is 5.06. The van der Waals surface area contributed by atoms with Gasteiger partial charge in [-0.3, -0.25) is 9.88 Å². The number of halogens is 3. The summed E-state index contributed by atoms with van der Waals surface area (Å²) in [7, 11) is 4.54. The van der Waals surface area contributed by atoms with Gasteiger partial charge in [0.05, 0.1) is 17.1 Å². The van der Waals surface area contributed by atoms with Crippen LogP contribution in [0.3, 0.4) is 0 Å². The number of benzene rings is 3. The molecule has 1 saturated heterocycles. The molecule has 1 amide bonds. The van der Waals surface area contributed by atoms with Crippen LogP contribution in [0.2, 0.25) is 0 Å². The number of carbonyl (C=O) groups is 1. The maximum absolute atomic E-state index is 12.8. The third kappa shape index (κ3) is 5.93. The minimum Gasteiger partial charge on any atom is -0.416 e. The number of amides is 1. The second-order valence-electron chi connectivity index (χ2n) is 9.37. The number of rotatable bonds is 7. The largest absolute Gasteiger partial charge is 0.573 e. The Morgan fingerprint density at radius 1 is 0.951 bits per heavy atom. The molecule has 41 heavy (non-hydrogen) atoms. The molecule has 13 heteroatoms. The molecule has 2 heterocycles. The third-order valence-corrected chi connectivity index (χ3v) is 6.89. The Balaban J connectivity index is 1.32. The number of aromatic nitrogens is 2. The summed E-state index contributed by atoms with van der Waals surface area (Å²) in [6.07, 6.45) is -6.98. The number of nitrogens with zero attached hydrogens (tertiary/aromatic N) is 2. The van der Waals surface area contributed by atoms with Crippen molar-refractivity contribution in [3.05, 3.63) is 60.9 Å². The molecule has 10 nitrogen and oxygen atoms in total. The van der Waals surface area contributed by atoms with E-state index in [1.165, 1.54) is 38.5 Å². The van der Waals surface area contributed by atoms with Crippen LogP contribution in [-0.2, 0) is 23.7 Å². The zero-order valence-corrected chi connectivity index (χ0v) is 22.5. The average Bonchev–Trinajstić information content (AvgIpc) is 3.36. The number of carbonyl (C=O) groups excluding carboxylic acids is 1. The molecular weight excluding hydrogens is 547 g/mol. The molecule has 1 aliphatic heterocycles. The normalized spacial score (nSPS) is 23.0. The molecule has 5 rings (SSSR count). The smallest absolute Gasteiger partial charge is 0.416 e. The van der Waals surface area contributed by atoms with Crippen LogP contribution < -0.4 is 10.1 Å². The van der Waals surface area contributed by atoms with Gasteiger partial charge < -0.3 is 28.4 Å². The number of anilines is 1. The van der Waals surface area contributed by atoms with Crippen molar-refractivity contribution in [1.82, 2.24) is 9.55 Å². The van der Waals surface area contributed by atoms with Gasteiger partial charge in [0.1, 0.15) is 30.4 Å². The van der Waals surface area contributed by atoms with E-state index in [0.29, 0.717) is 16.9 Å². The molecule has 0 aliphatic carbocycles. The number of methoxy groups -OCH3 is 3. The van der Waals surface area contributed by atoms with Gasteiger partial charge in [0.2, 0.25) is 6.29 Å². The quantitative estimate of drug-likeness (QED) is 0.312. The van der Waals surface area contributed by atoms with E-state index in [-0.39, 0.29) is 5.75 Å². The molecule has 1 fully saturated rings. The zero-order valence-electron chi connectivity index (χ0n) is 22.5. The molecule has 5 atom stereocenters. The van der Waals surface area contributed by atoms with Crippen LogP contribution in [0.1, 0.15) is 6.92 Å². The highest BCUT2D eigenvalue weighted by molar-refractivity contribution is 6.06. The molecular formula is C28H28F3N3O7. The minimum atomic E-state index is -4.76. The van der Waals surface area contributed by atoms with Crippen molar-refractivity contribution in [2.75, 3.05) is 26.6 Å². The number of hydrogen-bond donors (Lipinski definition) is 1. The van der Waals surface area contributed by atoms with Crippen molar-refractivity contribution in [1.29, 1.82) is 0 Å². The molecule has 1 aliphatic rings. The van der Waals surface area contributed by atoms with E-state index in [1.807, 2.05) is 18.2 Å². The van der Waals surface area contributed by atoms with E-state index in [4.69, 9.17) is 23.7 Å². The third-order valence-electron chi connectivity index (χ3n) is 6.89. The number of nitrogens with one attached hydrogen (secondary N) is 1. The Morgan fingerprint density at radius 3 is 2.32 bits per heavy atom. The summed E-state index contributed by atoms with van der Waals surface area (Å²) < 4.78 is 71.1. The molecule has 0 spiro atoms. The molecule has 1 N–H and O–H groups in total. The van der Waals surface area contributed by atoms with Gasteiger partial charge in [0.15, 0.2) is 0 Å². The Kier molecular flexibility index (Phi) is 8.04. The average molecular weight is 576 g/mol. The Labute approximate surface area is 232 Å². The molecule has 0 radical (unpaired) electrons. The highest BCUT2D eigenvalue weighted by Crippen LogP contribution is 2.31. The second kappa shape index (κ2) is 11.5. The standard InChI is InChI=1S/C28H28F3N3O7/c1-15-23(36-2)24(37-3)25(38-4)26(39-15)40-27(35)33-17-6-11-20-16(13-17)5-12-21-22(20)32-14-34(21)18-7-9-19(10-8-18)41-28(29,30)31/h5-15,23-26H,1-4H3,(H,33,35)/t15-,23-,24?,25+,26-/m0/s1. The first-order chi connectivity index (χ1) is 19.6. The van der Waals surface area contributed by atoms with Gasteiger partial charge in [-0.1, -0.05) is 12.1 Å². The van der Waals surface area contributed by atoms with Crippen molar-refractivity contribution in [2.45, 2.75) is 44.0 Å². The number of imidazole rings is 1. The second-order valence-corrected chi connectivity index (χ2v) is 9.37. The number of hydrogen-bond acceptors (Lipinski definition) is 8. The Bertz CT molecular complexity index is 1530. The van der Waals surface area contributed by atoms with Crippen molar-refractivity contribution < 1.29 is 46.4 Å². The summed E-state index contributed by atoms with van der Waals surface area (Å²) in [6.45, 7) is 1.79. The maximum Gasteiger partial charge on any atom is 0.573 e. The summed E-state index contributed by atoms with van der Waals surface area (Å²) in [5.74, 6) is -0.310. The van der Waals surface area contributed by atoms with Crippen LogP contribution in [0.5, 0.6) is 5.75 Å². The molecule has 1 unspecified atom stereocenters. The number of ether oxygens (including phenoxy) is 6. The maximum atomic E-state index is 12.8. The summed E-state index contributed by atoms with van der Waals surface area (Å²) in [5, 5.41) is 4.33. The first-order valence-corrected chi connectivity index (χ1v) is 12.6. The van der Waals surface area contributed by atoms with Crippen LogP contribution in [-0.4, -0.2) is 74.0 Å². The van der Waals surface area contributed by atoms with Crippen molar-refractivity contribution >= 4 is 33.6 Å². The summed E-state index contributed by atoms with van der Waals surface area (Å²) >= 11 is 0. The molecule has 3 aromatic carbocycles. The SMILES string of the molecule is COC1[C@@H](OC)[C@H](OC(=O)Nc2ccc3c(ccc4c3ncn4-c3ccc(OC(F)(F)F)cc3)c2)O[C@@H](C)[C@@H]1OC. The predicted molar refractivity (Wildman–Crippen MR) is 142 cm³/mol. The van der Waals surface area contributed by atoms with Crippen LogP contribution in [0.4, 0.5) is 23.7 Å². The van der Waals surface area contributed by atoms with Gasteiger partial charge in [-0.2, -0.15) is 0 Å². The van der Waals surface area contributed by atoms with E-state index >= 15 is 0 Å². The topological polar surface area (TPSA) is 102 Å². The van der Waals surface area contributed by atoms with Crippen LogP contribution in [0.15, 0.2) is 60.9 Å². The lowest BCUT2D eigenvalue weighted by molar-refractivity contribution is -0.288. The lowest BCUT2D eigenvalue weighted by atomic mass is 9.99. The summed E-state index contributed by atoms with van der Waals surface area (Å²) in [4.78, 5) is 17.3. The summed E-state index contributed by atoms with van der Waals surface area (Å²) in [5.41, 5.74) is 2.53. The molecule has 0 bridgehead atoms. The number of alkyl halides is 3. The van der Waals surface area contributed by atoms with E-state index in [0.717, 1.165) is 16.3 Å². The minimum absolute atomic E-state index is 0.310. The van der Waals surface area contributed by atoms with Gasteiger partial charge in [0, 0.05) is 38.1 Å². The molecule has 0 saturated carbocycles. The van der Waals surface area contributed by atoms with Gasteiger partial charge in [-0.05, 0) is 54.8 Å². The van der Waals surface area contributed by atoms with E-state index in [2.05, 4.69) is 15.0 Å². The Morgan fingerprint density at radius 2 is 1.66 bits per heavy atom. The first-order valence-electron chi connectivity index (χ1n) is 12.6. The van der Waals surface area contributed by atoms with Crippen LogP contribution in [0, 0.1) is 0 Å². The van der Waals surface area contributed by atoms with E-state index in [9.17, 15) is 18.0 Å². The van der Waals surface area contributed by atoms with Crippen molar-refractivity contribution in [2.24, 2.45) is 0 Å². The molecule has 218 valence electrons. The van der Waals surface area contributed by atoms with Gasteiger partial charge in [-0.15, -0.1) is 13.2 Å². The monoisotopic (exact) mass is 575 g/mol. The van der Waals surface area contributed by atoms with Gasteiger partial charge in [-0.25, -0.2) is 9.78 Å². The Hall–Kier alpha value is -3.91. The van der Waals surface area contributed by atoms with Gasteiger partial charge >= 0.3 is 12.5 Å². The number of fused-ring (bicyclic) bond motifs is 3. The fraction of sp³-hybridized carbons (Fsp3) is 0.357. The lowest BCUT2D eigenvalue weighted by Gasteiger charge is -2.43. The summed E-state index contributed by atoms with van der Waals surface area (Å²) in [6, 6.07) is 14.5. The van der Waals surface area contributed by atoms with Crippen molar-refractivity contribution in [3.8, 4) is 11.4 Å². The predicted octanol–water partition coefficient (Wildman–Crippen LogP) is 5.42. The molecule has 1 aromatic heterocycles. The highest BCUT2D eigenvalue weighted by atomic mass is 19.4. The lowest BCUT2D eigenvalue weighted by Crippen LogP contribution is -2.59. The molecule has 4 aromatic rings. The van der Waals surface area contributed by atoms with Crippen molar-refractivity contribution in [3.63, 3.8) is 0 Å². The van der Waals surface area contributed by atoms with Crippen LogP contribution in [0.25, 0.3) is 27.5 Å². The zero-order chi connectivity index (χ0) is 29.3. The van der Waals surface area contributed by atoms with E-state index in [1.54, 1.807) is 37.1 Å². The highest BCUT2D eigenvalue weighted by Gasteiger charge is 2.47. The van der Waals surface area contributed by atoms with E-state index < -0.39 is 43.2 Å². The van der Waals surface area contributed by atoms with Gasteiger partial charge in [0.25, 0.3) is 0 Å². The fourth-order valence-corrected chi connectivity index (χ4v) is 5.06. The van der Waals surface area contributed by atoms with Crippen LogP contribution >= 0.6 is 0 Å².